The van der Waals surface area contributed by atoms with Crippen molar-refractivity contribution in [3.63, 3.8) is 0 Å². The first kappa shape index (κ1) is 16.5. The number of nitrogens with zero attached hydrogens (tertiary/aromatic N) is 1. The molecule has 1 aromatic rings. The van der Waals surface area contributed by atoms with E-state index in [9.17, 15) is 0 Å². The minimum atomic E-state index is 0.397. The Bertz CT molecular complexity index is 390. The molecule has 0 fully saturated rings. The summed E-state index contributed by atoms with van der Waals surface area (Å²) in [6.45, 7) is 13.2. The number of benzene rings is 1. The predicted octanol–water partition coefficient (Wildman–Crippen LogP) is 4.74. The summed E-state index contributed by atoms with van der Waals surface area (Å²) in [5, 5.41) is 3.45. The van der Waals surface area contributed by atoms with Gasteiger partial charge in [-0.2, -0.15) is 0 Å². The molecular weight excluding hydrogens is 300 g/mol. The first-order valence-corrected chi connectivity index (χ1v) is 8.10. The molecule has 0 bridgehead atoms. The van der Waals surface area contributed by atoms with Crippen molar-refractivity contribution in [3.8, 4) is 0 Å². The van der Waals surface area contributed by atoms with Gasteiger partial charge in [0.1, 0.15) is 0 Å². The summed E-state index contributed by atoms with van der Waals surface area (Å²) in [6.07, 6.45) is 1.17. The lowest BCUT2D eigenvalue weighted by atomic mass is 10.1. The third kappa shape index (κ3) is 4.50. The van der Waals surface area contributed by atoms with E-state index >= 15 is 0 Å². The van der Waals surface area contributed by atoms with Crippen molar-refractivity contribution in [3.05, 3.63) is 28.2 Å². The molecule has 1 unspecified atom stereocenters. The molecule has 19 heavy (non-hydrogen) atoms. The van der Waals surface area contributed by atoms with E-state index in [4.69, 9.17) is 0 Å². The lowest BCUT2D eigenvalue weighted by Crippen LogP contribution is -2.31. The Kier molecular flexibility index (Phi) is 6.87. The van der Waals surface area contributed by atoms with E-state index in [1.807, 2.05) is 0 Å². The fourth-order valence-corrected chi connectivity index (χ4v) is 2.97. The van der Waals surface area contributed by atoms with Crippen LogP contribution in [0, 0.1) is 0 Å². The number of halogens is 1. The molecule has 0 aliphatic rings. The van der Waals surface area contributed by atoms with Crippen molar-refractivity contribution < 1.29 is 0 Å². The molecule has 0 radical (unpaired) electrons. The summed E-state index contributed by atoms with van der Waals surface area (Å²) >= 11 is 3.74. The lowest BCUT2D eigenvalue weighted by Gasteiger charge is -2.30. The first-order chi connectivity index (χ1) is 9.01. The molecule has 0 aliphatic heterocycles. The van der Waals surface area contributed by atoms with Gasteiger partial charge in [-0.3, -0.25) is 0 Å². The van der Waals surface area contributed by atoms with Gasteiger partial charge in [-0.15, -0.1) is 0 Å². The number of rotatable bonds is 7. The second-order valence-electron chi connectivity index (χ2n) is 5.28. The summed E-state index contributed by atoms with van der Waals surface area (Å²) in [5.74, 6) is 0. The summed E-state index contributed by atoms with van der Waals surface area (Å²) in [6, 6.07) is 7.64. The summed E-state index contributed by atoms with van der Waals surface area (Å²) in [5.41, 5.74) is 2.63. The quantitative estimate of drug-likeness (QED) is 0.778. The van der Waals surface area contributed by atoms with E-state index in [2.05, 4.69) is 79.0 Å². The van der Waals surface area contributed by atoms with Crippen LogP contribution in [0.15, 0.2) is 22.7 Å². The maximum absolute atomic E-state index is 3.74. The minimum absolute atomic E-state index is 0.397. The number of anilines is 1. The number of hydrogen-bond acceptors (Lipinski definition) is 2. The smallest absolute Gasteiger partial charge is 0.0513 e. The first-order valence-electron chi connectivity index (χ1n) is 7.30. The van der Waals surface area contributed by atoms with Crippen LogP contribution in [0.3, 0.4) is 0 Å². The molecule has 0 saturated heterocycles. The second-order valence-corrected chi connectivity index (χ2v) is 6.13. The van der Waals surface area contributed by atoms with Crippen LogP contribution in [-0.2, 0) is 0 Å². The van der Waals surface area contributed by atoms with Crippen molar-refractivity contribution in [1.82, 2.24) is 5.32 Å². The van der Waals surface area contributed by atoms with E-state index in [0.717, 1.165) is 13.1 Å². The molecule has 1 N–H and O–H groups in total. The normalized spacial score (nSPS) is 12.8. The van der Waals surface area contributed by atoms with Crippen LogP contribution in [0.2, 0.25) is 0 Å². The highest BCUT2D eigenvalue weighted by Crippen LogP contribution is 2.30. The van der Waals surface area contributed by atoms with Gasteiger partial charge in [0.2, 0.25) is 0 Å². The molecule has 2 nitrogen and oxygen atoms in total. The Hall–Kier alpha value is -0.540. The molecule has 108 valence electrons. The van der Waals surface area contributed by atoms with Gasteiger partial charge in [-0.25, -0.2) is 0 Å². The van der Waals surface area contributed by atoms with Crippen LogP contribution in [-0.4, -0.2) is 19.1 Å². The Balaban J connectivity index is 2.98. The topological polar surface area (TPSA) is 15.3 Å². The van der Waals surface area contributed by atoms with Crippen molar-refractivity contribution >= 4 is 21.6 Å². The van der Waals surface area contributed by atoms with Gasteiger partial charge < -0.3 is 10.2 Å². The molecule has 0 aromatic heterocycles. The van der Waals surface area contributed by atoms with Crippen molar-refractivity contribution in [1.29, 1.82) is 0 Å². The van der Waals surface area contributed by atoms with E-state index in [-0.39, 0.29) is 0 Å². The molecule has 0 saturated carbocycles. The SMILES string of the molecule is CCCN(c1ccc(C(C)NCC)cc1Br)C(C)C. The number of nitrogens with one attached hydrogen (secondary N) is 1. The van der Waals surface area contributed by atoms with Gasteiger partial charge in [0.15, 0.2) is 0 Å². The minimum Gasteiger partial charge on any atom is -0.368 e. The molecule has 0 aliphatic carbocycles. The molecule has 1 rings (SSSR count). The zero-order chi connectivity index (χ0) is 14.4. The van der Waals surface area contributed by atoms with E-state index in [1.165, 1.54) is 22.1 Å². The van der Waals surface area contributed by atoms with Gasteiger partial charge in [0, 0.05) is 23.1 Å². The van der Waals surface area contributed by atoms with Crippen LogP contribution in [0.5, 0.6) is 0 Å². The highest BCUT2D eigenvalue weighted by atomic mass is 79.9. The fourth-order valence-electron chi connectivity index (χ4n) is 2.35. The zero-order valence-corrected chi connectivity index (χ0v) is 14.4. The molecule has 0 amide bonds. The van der Waals surface area contributed by atoms with Gasteiger partial charge >= 0.3 is 0 Å². The monoisotopic (exact) mass is 326 g/mol. The molecule has 0 spiro atoms. The Labute approximate surface area is 126 Å². The molecule has 1 aromatic carbocycles. The average molecular weight is 327 g/mol. The summed E-state index contributed by atoms with van der Waals surface area (Å²) in [7, 11) is 0. The molecule has 3 heteroatoms. The van der Waals surface area contributed by atoms with Gasteiger partial charge in [0.25, 0.3) is 0 Å². The second kappa shape index (κ2) is 7.91. The van der Waals surface area contributed by atoms with Crippen LogP contribution in [0.4, 0.5) is 5.69 Å². The third-order valence-electron chi connectivity index (χ3n) is 3.38. The maximum Gasteiger partial charge on any atom is 0.0513 e. The molecular formula is C16H27BrN2. The van der Waals surface area contributed by atoms with Crippen LogP contribution < -0.4 is 10.2 Å². The highest BCUT2D eigenvalue weighted by molar-refractivity contribution is 9.10. The fraction of sp³-hybridized carbons (Fsp3) is 0.625. The van der Waals surface area contributed by atoms with Crippen molar-refractivity contribution in [2.45, 2.75) is 53.1 Å². The van der Waals surface area contributed by atoms with E-state index in [1.54, 1.807) is 0 Å². The Morgan fingerprint density at radius 3 is 2.37 bits per heavy atom. The summed E-state index contributed by atoms with van der Waals surface area (Å²) in [4.78, 5) is 2.45. The van der Waals surface area contributed by atoms with Crippen LogP contribution in [0.25, 0.3) is 0 Å². The van der Waals surface area contributed by atoms with E-state index < -0.39 is 0 Å². The Morgan fingerprint density at radius 1 is 1.21 bits per heavy atom. The van der Waals surface area contributed by atoms with Crippen molar-refractivity contribution in [2.75, 3.05) is 18.0 Å². The van der Waals surface area contributed by atoms with Crippen LogP contribution in [0.1, 0.15) is 52.6 Å². The zero-order valence-electron chi connectivity index (χ0n) is 12.8. The van der Waals surface area contributed by atoms with Gasteiger partial charge in [-0.05, 0) is 67.4 Å². The standard InChI is InChI=1S/C16H27BrN2/c1-6-10-19(12(3)4)16-9-8-14(11-15(16)17)13(5)18-7-2/h8-9,11-13,18H,6-7,10H2,1-5H3. The van der Waals surface area contributed by atoms with Crippen LogP contribution >= 0.6 is 15.9 Å². The highest BCUT2D eigenvalue weighted by Gasteiger charge is 2.14. The van der Waals surface area contributed by atoms with E-state index in [0.29, 0.717) is 12.1 Å². The molecule has 1 atom stereocenters. The Morgan fingerprint density at radius 2 is 1.89 bits per heavy atom. The average Bonchev–Trinajstić information content (AvgIpc) is 2.36. The molecule has 0 heterocycles. The predicted molar refractivity (Wildman–Crippen MR) is 89.0 cm³/mol. The summed E-state index contributed by atoms with van der Waals surface area (Å²) < 4.78 is 1.19. The third-order valence-corrected chi connectivity index (χ3v) is 4.01. The number of hydrogen-bond donors (Lipinski definition) is 1. The van der Waals surface area contributed by atoms with Gasteiger partial charge in [-0.1, -0.05) is 19.9 Å². The van der Waals surface area contributed by atoms with Crippen molar-refractivity contribution in [2.24, 2.45) is 0 Å². The van der Waals surface area contributed by atoms with Gasteiger partial charge in [0.05, 0.1) is 5.69 Å². The maximum atomic E-state index is 3.74. The lowest BCUT2D eigenvalue weighted by molar-refractivity contribution is 0.597. The largest absolute Gasteiger partial charge is 0.368 e.